The van der Waals surface area contributed by atoms with Crippen molar-refractivity contribution in [3.63, 3.8) is 0 Å². The van der Waals surface area contributed by atoms with Crippen LogP contribution in [0, 0.1) is 11.3 Å². The van der Waals surface area contributed by atoms with Crippen LogP contribution < -0.4 is 8.96 Å². The van der Waals surface area contributed by atoms with Gasteiger partial charge in [-0.05, 0) is 0 Å². The third kappa shape index (κ3) is 3.62. The van der Waals surface area contributed by atoms with Gasteiger partial charge in [0.05, 0.1) is 0 Å². The molecule has 22 heavy (non-hydrogen) atoms. The van der Waals surface area contributed by atoms with Crippen molar-refractivity contribution in [2.75, 3.05) is 0 Å². The molecule has 0 bridgehead atoms. The van der Waals surface area contributed by atoms with E-state index in [2.05, 4.69) is 9.97 Å². The third-order valence-electron chi connectivity index (χ3n) is 2.54. The molecule has 0 aliphatic carbocycles. The van der Waals surface area contributed by atoms with Crippen molar-refractivity contribution in [2.45, 2.75) is 6.18 Å². The second-order valence-electron chi connectivity index (χ2n) is 4.08. The molecule has 0 saturated heterocycles. The Morgan fingerprint density at radius 3 is 2.68 bits per heavy atom. The fourth-order valence-electron chi connectivity index (χ4n) is 1.61. The quantitative estimate of drug-likeness (QED) is 0.795. The van der Waals surface area contributed by atoms with Gasteiger partial charge in [-0.1, -0.05) is 0 Å². The van der Waals surface area contributed by atoms with Gasteiger partial charge in [0.25, 0.3) is 0 Å². The second kappa shape index (κ2) is 6.16. The summed E-state index contributed by atoms with van der Waals surface area (Å²) in [5, 5.41) is 17.6. The molecule has 0 saturated carbocycles. The first kappa shape index (κ1) is 16.0. The van der Waals surface area contributed by atoms with E-state index in [1.165, 1.54) is 0 Å². The van der Waals surface area contributed by atoms with Gasteiger partial charge in [0, 0.05) is 0 Å². The summed E-state index contributed by atoms with van der Waals surface area (Å²) in [5.74, 6) is -1.73. The Morgan fingerprint density at radius 2 is 2.09 bits per heavy atom. The number of hydrogen-bond donors (Lipinski definition) is 1. The zero-order chi connectivity index (χ0) is 16.3. The predicted molar refractivity (Wildman–Crippen MR) is 71.6 cm³/mol. The molecule has 0 aliphatic rings. The molecule has 5 nitrogen and oxygen atoms in total. The Labute approximate surface area is 129 Å². The minimum absolute atomic E-state index is 0.0487. The topological polar surface area (TPSA) is 86.9 Å². The summed E-state index contributed by atoms with van der Waals surface area (Å²) >= 11 is -1.31. The number of alkyl halides is 3. The van der Waals surface area contributed by atoms with Crippen LogP contribution in [-0.4, -0.2) is 36.8 Å². The van der Waals surface area contributed by atoms with Gasteiger partial charge in [-0.2, -0.15) is 0 Å². The SMILES string of the molecule is N#Cc1cccc([AsH]c2ncc(C(=O)O)c(C(F)(F)F)n2)c1. The second-order valence-corrected chi connectivity index (χ2v) is 6.75. The van der Waals surface area contributed by atoms with E-state index in [9.17, 15) is 18.0 Å². The number of halogens is 3. The van der Waals surface area contributed by atoms with Crippen LogP contribution >= 0.6 is 0 Å². The van der Waals surface area contributed by atoms with E-state index in [0.29, 0.717) is 16.1 Å². The molecular formula is C13H7AsF3N3O2. The zero-order valence-electron chi connectivity index (χ0n) is 10.7. The van der Waals surface area contributed by atoms with Gasteiger partial charge in [0.2, 0.25) is 0 Å². The Balaban J connectivity index is 2.41. The maximum absolute atomic E-state index is 12.9. The number of aromatic nitrogens is 2. The standard InChI is InChI=1S/C13H7AsF3N3O2/c15-13(16,17)10-9(11(21)22)6-19-12(20-10)14-8-3-1-2-7(4-8)5-18/h1-4,6,14H,(H,21,22). The van der Waals surface area contributed by atoms with E-state index in [4.69, 9.17) is 10.4 Å². The number of benzene rings is 1. The van der Waals surface area contributed by atoms with Gasteiger partial charge in [-0.15, -0.1) is 0 Å². The molecule has 1 unspecified atom stereocenters. The first-order valence-electron chi connectivity index (χ1n) is 5.76. The molecule has 1 aromatic heterocycles. The van der Waals surface area contributed by atoms with Crippen LogP contribution in [0.15, 0.2) is 30.5 Å². The fourth-order valence-corrected chi connectivity index (χ4v) is 3.63. The third-order valence-corrected chi connectivity index (χ3v) is 4.77. The first-order valence-corrected chi connectivity index (χ1v) is 7.86. The summed E-state index contributed by atoms with van der Waals surface area (Å²) in [5.41, 5.74) is -2.04. The van der Waals surface area contributed by atoms with Crippen LogP contribution in [-0.2, 0) is 6.18 Å². The van der Waals surface area contributed by atoms with Crippen molar-refractivity contribution in [3.05, 3.63) is 47.3 Å². The summed E-state index contributed by atoms with van der Waals surface area (Å²) in [6, 6.07) is 8.35. The number of aromatic carboxylic acids is 1. The van der Waals surface area contributed by atoms with Crippen LogP contribution in [0.5, 0.6) is 0 Å². The van der Waals surface area contributed by atoms with Gasteiger partial charge in [-0.3, -0.25) is 0 Å². The molecule has 0 radical (unpaired) electrons. The van der Waals surface area contributed by atoms with E-state index in [0.717, 1.165) is 0 Å². The van der Waals surface area contributed by atoms with E-state index < -0.39 is 39.2 Å². The van der Waals surface area contributed by atoms with Gasteiger partial charge in [-0.25, -0.2) is 0 Å². The van der Waals surface area contributed by atoms with Crippen molar-refractivity contribution in [1.82, 2.24) is 9.97 Å². The van der Waals surface area contributed by atoms with Crippen LogP contribution in [0.25, 0.3) is 0 Å². The molecule has 9 heteroatoms. The van der Waals surface area contributed by atoms with E-state index >= 15 is 0 Å². The number of hydrogen-bond acceptors (Lipinski definition) is 4. The predicted octanol–water partition coefficient (Wildman–Crippen LogP) is 0.453. The number of carbonyl (C=O) groups is 1. The normalized spacial score (nSPS) is 11.5. The molecule has 1 heterocycles. The molecule has 1 atom stereocenters. The van der Waals surface area contributed by atoms with Crippen molar-refractivity contribution in [1.29, 1.82) is 5.26 Å². The Bertz CT molecular complexity index is 772. The maximum atomic E-state index is 12.9. The fraction of sp³-hybridized carbons (Fsp3) is 0.0769. The van der Waals surface area contributed by atoms with E-state index in [-0.39, 0.29) is 4.61 Å². The summed E-state index contributed by atoms with van der Waals surface area (Å²) in [4.78, 5) is 17.9. The Morgan fingerprint density at radius 1 is 1.36 bits per heavy atom. The number of carboxylic acid groups (broad SMARTS) is 1. The van der Waals surface area contributed by atoms with Crippen molar-refractivity contribution < 1.29 is 23.1 Å². The van der Waals surface area contributed by atoms with Gasteiger partial charge < -0.3 is 0 Å². The summed E-state index contributed by atoms with van der Waals surface area (Å²) in [6.45, 7) is 0. The molecular weight excluding hydrogens is 362 g/mol. The average molecular weight is 369 g/mol. The molecule has 1 N–H and O–H groups in total. The van der Waals surface area contributed by atoms with Crippen molar-refractivity contribution >= 4 is 30.7 Å². The van der Waals surface area contributed by atoms with E-state index in [1.807, 2.05) is 6.07 Å². The minimum atomic E-state index is -4.87. The molecule has 2 aromatic rings. The molecule has 0 amide bonds. The van der Waals surface area contributed by atoms with Gasteiger partial charge >= 0.3 is 129 Å². The molecule has 0 fully saturated rings. The van der Waals surface area contributed by atoms with Crippen molar-refractivity contribution in [3.8, 4) is 6.07 Å². The van der Waals surface area contributed by atoms with Gasteiger partial charge in [0.1, 0.15) is 0 Å². The van der Waals surface area contributed by atoms with Crippen LogP contribution in [0.1, 0.15) is 21.6 Å². The molecule has 0 spiro atoms. The summed E-state index contributed by atoms with van der Waals surface area (Å²) in [6.07, 6.45) is -4.20. The van der Waals surface area contributed by atoms with Crippen LogP contribution in [0.4, 0.5) is 13.2 Å². The Kier molecular flexibility index (Phi) is 4.48. The molecule has 2 rings (SSSR count). The van der Waals surface area contributed by atoms with Crippen LogP contribution in [0.2, 0.25) is 0 Å². The van der Waals surface area contributed by atoms with Gasteiger partial charge in [0.15, 0.2) is 0 Å². The molecule has 112 valence electrons. The Hall–Kier alpha value is -2.39. The number of nitrogens with zero attached hydrogens (tertiary/aromatic N) is 3. The number of nitriles is 1. The van der Waals surface area contributed by atoms with E-state index in [1.54, 1.807) is 24.3 Å². The molecule has 0 aliphatic heterocycles. The summed E-state index contributed by atoms with van der Waals surface area (Å²) in [7, 11) is 0. The monoisotopic (exact) mass is 369 g/mol. The first-order chi connectivity index (χ1) is 10.3. The molecule has 1 aromatic carbocycles. The van der Waals surface area contributed by atoms with Crippen molar-refractivity contribution in [2.24, 2.45) is 0 Å². The summed E-state index contributed by atoms with van der Waals surface area (Å²) < 4.78 is 39.2. The zero-order valence-corrected chi connectivity index (χ0v) is 12.8. The number of carboxylic acids is 1. The van der Waals surface area contributed by atoms with Crippen LogP contribution in [0.3, 0.4) is 0 Å². The average Bonchev–Trinajstić information content (AvgIpc) is 2.46. The number of rotatable bonds is 3.